The molecule has 0 radical (unpaired) electrons. The minimum Gasteiger partial charge on any atom is -0.506 e. The van der Waals surface area contributed by atoms with Crippen LogP contribution in [0.25, 0.3) is 10.6 Å². The average Bonchev–Trinajstić information content (AvgIpc) is 3.27. The van der Waals surface area contributed by atoms with E-state index < -0.39 is 23.4 Å². The van der Waals surface area contributed by atoms with Gasteiger partial charge in [-0.3, -0.25) is 14.9 Å². The number of rotatable bonds is 5. The number of nitrogens with one attached hydrogen (secondary N) is 2. The summed E-state index contributed by atoms with van der Waals surface area (Å²) in [6, 6.07) is 11.0. The molecular formula is C22H12Cl2F2N4O3S. The van der Waals surface area contributed by atoms with Gasteiger partial charge in [0.05, 0.1) is 16.3 Å². The van der Waals surface area contributed by atoms with Crippen molar-refractivity contribution in [1.29, 1.82) is 0 Å². The van der Waals surface area contributed by atoms with Gasteiger partial charge in [0, 0.05) is 22.2 Å². The summed E-state index contributed by atoms with van der Waals surface area (Å²) < 4.78 is 27.0. The molecule has 12 heteroatoms. The predicted molar refractivity (Wildman–Crippen MR) is 126 cm³/mol. The van der Waals surface area contributed by atoms with Gasteiger partial charge in [0.15, 0.2) is 5.01 Å². The van der Waals surface area contributed by atoms with Crippen LogP contribution in [0.2, 0.25) is 10.0 Å². The van der Waals surface area contributed by atoms with Crippen molar-refractivity contribution in [2.45, 2.75) is 0 Å². The summed E-state index contributed by atoms with van der Waals surface area (Å²) in [6.07, 6.45) is 0. The molecule has 0 fully saturated rings. The molecule has 0 aliphatic carbocycles. The van der Waals surface area contributed by atoms with Crippen molar-refractivity contribution in [3.63, 3.8) is 0 Å². The molecule has 0 unspecified atom stereocenters. The summed E-state index contributed by atoms with van der Waals surface area (Å²) >= 11 is 12.9. The molecule has 0 atom stereocenters. The molecule has 34 heavy (non-hydrogen) atoms. The predicted octanol–water partition coefficient (Wildman–Crippen LogP) is 6.00. The Kier molecular flexibility index (Phi) is 6.73. The fourth-order valence-electron chi connectivity index (χ4n) is 2.84. The van der Waals surface area contributed by atoms with Crippen LogP contribution in [0, 0.1) is 11.6 Å². The molecule has 3 aromatic carbocycles. The summed E-state index contributed by atoms with van der Waals surface area (Å²) in [7, 11) is 0. The fraction of sp³-hybridized carbons (Fsp3) is 0. The Morgan fingerprint density at radius 3 is 2.21 bits per heavy atom. The molecule has 4 aromatic rings. The first-order valence-corrected chi connectivity index (χ1v) is 11.0. The van der Waals surface area contributed by atoms with E-state index in [1.165, 1.54) is 36.4 Å². The third kappa shape index (κ3) is 5.14. The Labute approximate surface area is 205 Å². The molecule has 4 rings (SSSR count). The second kappa shape index (κ2) is 9.72. The molecule has 172 valence electrons. The smallest absolute Gasteiger partial charge is 0.257 e. The topological polar surface area (TPSA) is 104 Å². The van der Waals surface area contributed by atoms with Gasteiger partial charge in [0.25, 0.3) is 11.8 Å². The second-order valence-electron chi connectivity index (χ2n) is 6.81. The number of hydrogen-bond donors (Lipinski definition) is 3. The summed E-state index contributed by atoms with van der Waals surface area (Å²) in [5.74, 6) is -2.90. The zero-order chi connectivity index (χ0) is 24.4. The molecule has 1 heterocycles. The zero-order valence-corrected chi connectivity index (χ0v) is 19.1. The quantitative estimate of drug-likeness (QED) is 0.299. The first kappa shape index (κ1) is 23.6. The van der Waals surface area contributed by atoms with Gasteiger partial charge >= 0.3 is 0 Å². The second-order valence-corrected chi connectivity index (χ2v) is 8.63. The number of hydrogen-bond acceptors (Lipinski definition) is 6. The van der Waals surface area contributed by atoms with E-state index in [9.17, 15) is 23.5 Å². The number of phenolic OH excluding ortho intramolecular Hbond substituents is 1. The van der Waals surface area contributed by atoms with E-state index >= 15 is 0 Å². The van der Waals surface area contributed by atoms with Gasteiger partial charge in [-0.1, -0.05) is 34.5 Å². The molecule has 0 saturated carbocycles. The van der Waals surface area contributed by atoms with Gasteiger partial charge in [0.2, 0.25) is 5.13 Å². The molecular weight excluding hydrogens is 509 g/mol. The molecule has 0 bridgehead atoms. The van der Waals surface area contributed by atoms with Gasteiger partial charge < -0.3 is 10.4 Å². The van der Waals surface area contributed by atoms with Crippen molar-refractivity contribution in [2.24, 2.45) is 0 Å². The van der Waals surface area contributed by atoms with Crippen molar-refractivity contribution in [1.82, 2.24) is 10.2 Å². The van der Waals surface area contributed by atoms with Gasteiger partial charge in [0.1, 0.15) is 17.4 Å². The molecule has 0 aliphatic rings. The van der Waals surface area contributed by atoms with Crippen LogP contribution in [0.1, 0.15) is 20.7 Å². The highest BCUT2D eigenvalue weighted by Crippen LogP contribution is 2.39. The number of amides is 2. The SMILES string of the molecule is O=C(Nc1nnc(-c2cc(Cl)cc(Cl)c2O)s1)c1ccc(C(=O)Nc2cc(F)ccc2F)cc1. The van der Waals surface area contributed by atoms with E-state index in [-0.39, 0.29) is 43.3 Å². The maximum atomic E-state index is 13.7. The fourth-order valence-corrected chi connectivity index (χ4v) is 4.09. The standard InChI is InChI=1S/C22H12Cl2F2N4O3S/c23-12-7-14(18(31)15(24)8-12)21-29-30-22(34-21)28-20(33)11-3-1-10(2-4-11)19(32)27-17-9-13(25)5-6-16(17)26/h1-9,31H,(H,27,32)(H,28,30,33). The van der Waals surface area contributed by atoms with Gasteiger partial charge in [-0.25, -0.2) is 8.78 Å². The van der Waals surface area contributed by atoms with Crippen molar-refractivity contribution in [2.75, 3.05) is 10.6 Å². The van der Waals surface area contributed by atoms with Crippen molar-refractivity contribution in [3.8, 4) is 16.3 Å². The van der Waals surface area contributed by atoms with E-state index in [1.807, 2.05) is 0 Å². The van der Waals surface area contributed by atoms with Crippen molar-refractivity contribution in [3.05, 3.63) is 87.4 Å². The average molecular weight is 521 g/mol. The molecule has 0 aliphatic heterocycles. The van der Waals surface area contributed by atoms with Crippen molar-refractivity contribution < 1.29 is 23.5 Å². The lowest BCUT2D eigenvalue weighted by Gasteiger charge is -2.07. The normalized spacial score (nSPS) is 10.7. The van der Waals surface area contributed by atoms with Crippen LogP contribution >= 0.6 is 34.5 Å². The minimum atomic E-state index is -0.782. The van der Waals surface area contributed by atoms with E-state index in [0.29, 0.717) is 5.02 Å². The number of halogens is 4. The third-order valence-corrected chi connectivity index (χ3v) is 5.87. The van der Waals surface area contributed by atoms with Crippen LogP contribution in [-0.4, -0.2) is 27.1 Å². The first-order valence-electron chi connectivity index (χ1n) is 9.41. The minimum absolute atomic E-state index is 0.0487. The van der Waals surface area contributed by atoms with E-state index in [4.69, 9.17) is 23.2 Å². The van der Waals surface area contributed by atoms with E-state index in [2.05, 4.69) is 20.8 Å². The van der Waals surface area contributed by atoms with Crippen LogP contribution < -0.4 is 10.6 Å². The maximum absolute atomic E-state index is 13.7. The number of phenols is 1. The van der Waals surface area contributed by atoms with Crippen LogP contribution in [0.5, 0.6) is 5.75 Å². The Hall–Kier alpha value is -3.60. The van der Waals surface area contributed by atoms with Crippen molar-refractivity contribution >= 4 is 57.2 Å². The number of nitrogens with zero attached hydrogens (tertiary/aromatic N) is 2. The van der Waals surface area contributed by atoms with Crippen LogP contribution in [0.15, 0.2) is 54.6 Å². The number of anilines is 2. The maximum Gasteiger partial charge on any atom is 0.257 e. The van der Waals surface area contributed by atoms with E-state index in [1.54, 1.807) is 0 Å². The number of aromatic nitrogens is 2. The molecule has 1 aromatic heterocycles. The summed E-state index contributed by atoms with van der Waals surface area (Å²) in [6.45, 7) is 0. The summed E-state index contributed by atoms with van der Waals surface area (Å²) in [5.41, 5.74) is 0.303. The highest BCUT2D eigenvalue weighted by Gasteiger charge is 2.17. The molecule has 0 saturated heterocycles. The van der Waals surface area contributed by atoms with Crippen LogP contribution in [0.4, 0.5) is 19.6 Å². The lowest BCUT2D eigenvalue weighted by molar-refractivity contribution is 0.101. The lowest BCUT2D eigenvalue weighted by Crippen LogP contribution is -2.15. The first-order chi connectivity index (χ1) is 16.2. The third-order valence-electron chi connectivity index (χ3n) is 4.49. The Morgan fingerprint density at radius 2 is 1.53 bits per heavy atom. The molecule has 7 nitrogen and oxygen atoms in total. The Balaban J connectivity index is 1.45. The van der Waals surface area contributed by atoms with Crippen LogP contribution in [0.3, 0.4) is 0 Å². The van der Waals surface area contributed by atoms with Gasteiger partial charge in [-0.05, 0) is 48.5 Å². The highest BCUT2D eigenvalue weighted by molar-refractivity contribution is 7.18. The van der Waals surface area contributed by atoms with Gasteiger partial charge in [-0.2, -0.15) is 0 Å². The number of carbonyl (C=O) groups excluding carboxylic acids is 2. The number of aromatic hydroxyl groups is 1. The Morgan fingerprint density at radius 1 is 0.882 bits per heavy atom. The lowest BCUT2D eigenvalue weighted by atomic mass is 10.1. The van der Waals surface area contributed by atoms with Gasteiger partial charge in [-0.15, -0.1) is 10.2 Å². The largest absolute Gasteiger partial charge is 0.506 e. The monoisotopic (exact) mass is 520 g/mol. The summed E-state index contributed by atoms with van der Waals surface area (Å²) in [5, 5.41) is 23.6. The molecule has 0 spiro atoms. The molecule has 3 N–H and O–H groups in total. The van der Waals surface area contributed by atoms with E-state index in [0.717, 1.165) is 29.5 Å². The summed E-state index contributed by atoms with van der Waals surface area (Å²) in [4.78, 5) is 24.8. The number of benzene rings is 3. The Bertz CT molecular complexity index is 1410. The highest BCUT2D eigenvalue weighted by atomic mass is 35.5. The van der Waals surface area contributed by atoms with Crippen LogP contribution in [-0.2, 0) is 0 Å². The molecule has 2 amide bonds. The zero-order valence-electron chi connectivity index (χ0n) is 16.8. The number of carbonyl (C=O) groups is 2.